The third kappa shape index (κ3) is 2.49. The molecule has 1 aliphatic rings. The molecule has 7 nitrogen and oxygen atoms in total. The minimum Gasteiger partial charge on any atom is -0.480 e. The summed E-state index contributed by atoms with van der Waals surface area (Å²) >= 11 is 0. The average Bonchev–Trinajstić information content (AvgIpc) is 2.69. The molecule has 0 amide bonds. The van der Waals surface area contributed by atoms with E-state index in [0.717, 1.165) is 11.4 Å². The second-order valence-corrected chi connectivity index (χ2v) is 6.58. The zero-order chi connectivity index (χ0) is 14.1. The molecule has 0 saturated carbocycles. The van der Waals surface area contributed by atoms with Gasteiger partial charge in [-0.1, -0.05) is 6.92 Å². The molecule has 1 aliphatic heterocycles. The largest absolute Gasteiger partial charge is 0.480 e. The van der Waals surface area contributed by atoms with Crippen molar-refractivity contribution in [3.8, 4) is 0 Å². The van der Waals surface area contributed by atoms with E-state index in [2.05, 4.69) is 4.74 Å². The Hall–Kier alpha value is -1.15. The van der Waals surface area contributed by atoms with Crippen LogP contribution in [0.15, 0.2) is 0 Å². The van der Waals surface area contributed by atoms with Gasteiger partial charge in [0, 0.05) is 6.54 Å². The van der Waals surface area contributed by atoms with Crippen molar-refractivity contribution in [1.29, 1.82) is 0 Å². The van der Waals surface area contributed by atoms with Gasteiger partial charge in [-0.3, -0.25) is 9.59 Å². The maximum Gasteiger partial charge on any atom is 0.325 e. The highest BCUT2D eigenvalue weighted by molar-refractivity contribution is 7.90. The van der Waals surface area contributed by atoms with E-state index in [9.17, 15) is 18.0 Å². The minimum absolute atomic E-state index is 0.113. The molecule has 0 radical (unpaired) electrons. The summed E-state index contributed by atoms with van der Waals surface area (Å²) in [7, 11) is -2.91. The Morgan fingerprint density at radius 2 is 2.00 bits per heavy atom. The Bertz CT molecular complexity index is 445. The molecule has 1 N–H and O–H groups in total. The number of methoxy groups -OCH3 is 1. The average molecular weight is 279 g/mol. The number of carboxylic acid groups (broad SMARTS) is 1. The number of carbonyl (C=O) groups excluding carboxylic acids is 1. The lowest BCUT2D eigenvalue weighted by Crippen LogP contribution is -2.48. The van der Waals surface area contributed by atoms with Crippen LogP contribution in [0.4, 0.5) is 0 Å². The van der Waals surface area contributed by atoms with Gasteiger partial charge in [0.15, 0.2) is 5.25 Å². The summed E-state index contributed by atoms with van der Waals surface area (Å²) in [6.07, 6.45) is 0.462. The first-order valence-corrected chi connectivity index (χ1v) is 7.05. The van der Waals surface area contributed by atoms with Crippen LogP contribution < -0.4 is 0 Å². The smallest absolute Gasteiger partial charge is 0.325 e. The molecule has 0 aromatic heterocycles. The summed E-state index contributed by atoms with van der Waals surface area (Å²) in [5.74, 6) is -2.36. The fourth-order valence-electron chi connectivity index (χ4n) is 2.05. The first-order chi connectivity index (χ1) is 8.23. The summed E-state index contributed by atoms with van der Waals surface area (Å²) in [6, 6.07) is -1.11. The molecule has 0 spiro atoms. The normalized spacial score (nSPS) is 26.8. The predicted octanol–water partition coefficient (Wildman–Crippen LogP) is -0.327. The van der Waals surface area contributed by atoms with Crippen LogP contribution in [0.2, 0.25) is 0 Å². The van der Waals surface area contributed by atoms with E-state index in [4.69, 9.17) is 5.11 Å². The number of ether oxygens (including phenoxy) is 1. The number of hydrogen-bond acceptors (Lipinski definition) is 5. The molecule has 104 valence electrons. The third-order valence-electron chi connectivity index (χ3n) is 3.21. The van der Waals surface area contributed by atoms with Crippen molar-refractivity contribution in [2.45, 2.75) is 31.6 Å². The minimum atomic E-state index is -4.00. The van der Waals surface area contributed by atoms with Gasteiger partial charge in [-0.05, 0) is 19.3 Å². The van der Waals surface area contributed by atoms with Crippen LogP contribution in [0.1, 0.15) is 20.3 Å². The topological polar surface area (TPSA) is 101 Å². The molecule has 1 fully saturated rings. The molecule has 3 atom stereocenters. The molecule has 0 bridgehead atoms. The van der Waals surface area contributed by atoms with Crippen molar-refractivity contribution in [2.24, 2.45) is 5.92 Å². The molecular weight excluding hydrogens is 262 g/mol. The van der Waals surface area contributed by atoms with Crippen LogP contribution in [0.25, 0.3) is 0 Å². The lowest BCUT2D eigenvalue weighted by molar-refractivity contribution is -0.142. The van der Waals surface area contributed by atoms with Crippen molar-refractivity contribution >= 4 is 22.0 Å². The quantitative estimate of drug-likeness (QED) is 0.707. The van der Waals surface area contributed by atoms with Gasteiger partial charge in [0.2, 0.25) is 10.0 Å². The van der Waals surface area contributed by atoms with Gasteiger partial charge in [0.05, 0.1) is 7.11 Å². The Morgan fingerprint density at radius 3 is 2.44 bits per heavy atom. The molecule has 0 aliphatic carbocycles. The summed E-state index contributed by atoms with van der Waals surface area (Å²) in [5, 5.41) is 7.68. The first-order valence-electron chi connectivity index (χ1n) is 5.54. The van der Waals surface area contributed by atoms with E-state index in [1.165, 1.54) is 6.92 Å². The fourth-order valence-corrected chi connectivity index (χ4v) is 3.77. The van der Waals surface area contributed by atoms with Crippen LogP contribution in [-0.2, 0) is 24.3 Å². The van der Waals surface area contributed by atoms with Gasteiger partial charge in [-0.15, -0.1) is 0 Å². The standard InChI is InChI=1S/C10H17NO6S/c1-6-4-5-11(8(6)9(12)13)18(15,16)7(2)10(14)17-3/h6-8H,4-5H2,1-3H3,(H,12,13). The second-order valence-electron chi connectivity index (χ2n) is 4.37. The van der Waals surface area contributed by atoms with Crippen molar-refractivity contribution in [2.75, 3.05) is 13.7 Å². The summed E-state index contributed by atoms with van der Waals surface area (Å²) in [5.41, 5.74) is 0. The molecule has 8 heteroatoms. The van der Waals surface area contributed by atoms with E-state index >= 15 is 0 Å². The number of carboxylic acids is 1. The van der Waals surface area contributed by atoms with Gasteiger partial charge >= 0.3 is 11.9 Å². The highest BCUT2D eigenvalue weighted by Crippen LogP contribution is 2.28. The number of rotatable bonds is 4. The Labute approximate surface area is 106 Å². The van der Waals surface area contributed by atoms with Crippen molar-refractivity contribution in [1.82, 2.24) is 4.31 Å². The highest BCUT2D eigenvalue weighted by Gasteiger charge is 2.46. The van der Waals surface area contributed by atoms with Gasteiger partial charge in [-0.25, -0.2) is 8.42 Å². The molecule has 0 aromatic rings. The van der Waals surface area contributed by atoms with E-state index in [0.29, 0.717) is 6.42 Å². The molecule has 1 saturated heterocycles. The Balaban J connectivity index is 3.05. The van der Waals surface area contributed by atoms with Gasteiger partial charge < -0.3 is 9.84 Å². The van der Waals surface area contributed by atoms with E-state index in [1.807, 2.05) is 0 Å². The summed E-state index contributed by atoms with van der Waals surface area (Å²) < 4.78 is 29.6. The van der Waals surface area contributed by atoms with Crippen LogP contribution in [0.5, 0.6) is 0 Å². The number of carbonyl (C=O) groups is 2. The molecule has 1 heterocycles. The highest BCUT2D eigenvalue weighted by atomic mass is 32.2. The lowest BCUT2D eigenvalue weighted by Gasteiger charge is -2.25. The molecule has 18 heavy (non-hydrogen) atoms. The number of aliphatic carboxylic acids is 1. The van der Waals surface area contributed by atoms with Gasteiger partial charge in [0.1, 0.15) is 6.04 Å². The second kappa shape index (κ2) is 5.23. The fraction of sp³-hybridized carbons (Fsp3) is 0.800. The molecular formula is C10H17NO6S. The van der Waals surface area contributed by atoms with Crippen molar-refractivity contribution in [3.63, 3.8) is 0 Å². The number of hydrogen-bond donors (Lipinski definition) is 1. The molecule has 1 rings (SSSR count). The number of nitrogens with zero attached hydrogens (tertiary/aromatic N) is 1. The van der Waals surface area contributed by atoms with Gasteiger partial charge in [0.25, 0.3) is 0 Å². The Kier molecular flexibility index (Phi) is 4.33. The van der Waals surface area contributed by atoms with Crippen LogP contribution >= 0.6 is 0 Å². The number of sulfonamides is 1. The SMILES string of the molecule is COC(=O)C(C)S(=O)(=O)N1CCC(C)C1C(=O)O. The predicted molar refractivity (Wildman–Crippen MR) is 62.3 cm³/mol. The van der Waals surface area contributed by atoms with E-state index in [-0.39, 0.29) is 12.5 Å². The zero-order valence-corrected chi connectivity index (χ0v) is 11.3. The molecule has 3 unspecified atom stereocenters. The zero-order valence-electron chi connectivity index (χ0n) is 10.5. The summed E-state index contributed by atoms with van der Waals surface area (Å²) in [4.78, 5) is 22.4. The van der Waals surface area contributed by atoms with E-state index in [1.54, 1.807) is 6.92 Å². The maximum atomic E-state index is 12.2. The monoisotopic (exact) mass is 279 g/mol. The Morgan fingerprint density at radius 1 is 1.44 bits per heavy atom. The maximum absolute atomic E-state index is 12.2. The number of esters is 1. The van der Waals surface area contributed by atoms with Crippen molar-refractivity contribution < 1.29 is 27.9 Å². The van der Waals surface area contributed by atoms with Gasteiger partial charge in [-0.2, -0.15) is 4.31 Å². The summed E-state index contributed by atoms with van der Waals surface area (Å²) in [6.45, 7) is 2.99. The first kappa shape index (κ1) is 14.9. The molecule has 0 aromatic carbocycles. The van der Waals surface area contributed by atoms with Crippen LogP contribution in [0, 0.1) is 5.92 Å². The van der Waals surface area contributed by atoms with Crippen molar-refractivity contribution in [3.05, 3.63) is 0 Å². The van der Waals surface area contributed by atoms with Crippen LogP contribution in [0.3, 0.4) is 0 Å². The van der Waals surface area contributed by atoms with Crippen LogP contribution in [-0.4, -0.2) is 54.7 Å². The van der Waals surface area contributed by atoms with E-state index < -0.39 is 33.3 Å². The lowest BCUT2D eigenvalue weighted by atomic mass is 10.0. The third-order valence-corrected chi connectivity index (χ3v) is 5.36.